The van der Waals surface area contributed by atoms with Gasteiger partial charge in [0.15, 0.2) is 0 Å². The second kappa shape index (κ2) is 7.24. The van der Waals surface area contributed by atoms with E-state index in [-0.39, 0.29) is 5.91 Å². The molecule has 1 amide bonds. The smallest absolute Gasteiger partial charge is 0.256 e. The summed E-state index contributed by atoms with van der Waals surface area (Å²) in [5.74, 6) is 0.116. The van der Waals surface area contributed by atoms with E-state index in [0.29, 0.717) is 23.8 Å². The van der Waals surface area contributed by atoms with Gasteiger partial charge >= 0.3 is 0 Å². The molecule has 1 saturated heterocycles. The second-order valence-electron chi connectivity index (χ2n) is 7.21. The number of carbonyl (C=O) groups is 1. The Morgan fingerprint density at radius 3 is 2.43 bits per heavy atom. The monoisotopic (exact) mass is 317 g/mol. The SMILES string of the molecule is CC(C)N(c1ccc(N)cc1C(=O)N1CCCC[C@@H]1C)C(C)C. The van der Waals surface area contributed by atoms with Crippen LogP contribution < -0.4 is 10.6 Å². The Bertz CT molecular complexity index is 546. The molecular formula is C19H31N3O. The molecule has 4 nitrogen and oxygen atoms in total. The number of amides is 1. The van der Waals surface area contributed by atoms with Crippen molar-refractivity contribution in [1.82, 2.24) is 4.90 Å². The molecule has 1 aromatic rings. The number of nitrogens with zero attached hydrogens (tertiary/aromatic N) is 2. The van der Waals surface area contributed by atoms with E-state index in [2.05, 4.69) is 39.5 Å². The molecule has 2 N–H and O–H groups in total. The number of piperidine rings is 1. The predicted molar refractivity (Wildman–Crippen MR) is 98.0 cm³/mol. The summed E-state index contributed by atoms with van der Waals surface area (Å²) in [7, 11) is 0. The largest absolute Gasteiger partial charge is 0.399 e. The fourth-order valence-corrected chi connectivity index (χ4v) is 3.66. The Morgan fingerprint density at radius 2 is 1.87 bits per heavy atom. The summed E-state index contributed by atoms with van der Waals surface area (Å²) in [4.78, 5) is 17.5. The van der Waals surface area contributed by atoms with Gasteiger partial charge in [0.25, 0.3) is 5.91 Å². The topological polar surface area (TPSA) is 49.6 Å². The van der Waals surface area contributed by atoms with E-state index >= 15 is 0 Å². The van der Waals surface area contributed by atoms with E-state index in [4.69, 9.17) is 5.73 Å². The summed E-state index contributed by atoms with van der Waals surface area (Å²) >= 11 is 0. The third-order valence-corrected chi connectivity index (χ3v) is 4.71. The number of rotatable bonds is 4. The standard InChI is InChI=1S/C19H31N3O/c1-13(2)22(14(3)4)18-10-9-16(20)12-17(18)19(23)21-11-7-6-8-15(21)5/h9-10,12-15H,6-8,11,20H2,1-5H3/t15-/m0/s1. The van der Waals surface area contributed by atoms with Gasteiger partial charge in [-0.2, -0.15) is 0 Å². The molecule has 0 radical (unpaired) electrons. The number of nitrogen functional groups attached to an aromatic ring is 1. The van der Waals surface area contributed by atoms with Crippen LogP contribution in [0.3, 0.4) is 0 Å². The lowest BCUT2D eigenvalue weighted by molar-refractivity contribution is 0.0636. The molecule has 0 bridgehead atoms. The third-order valence-electron chi connectivity index (χ3n) is 4.71. The number of likely N-dealkylation sites (tertiary alicyclic amines) is 1. The van der Waals surface area contributed by atoms with Gasteiger partial charge in [0.1, 0.15) is 0 Å². The van der Waals surface area contributed by atoms with Crippen molar-refractivity contribution in [2.45, 2.75) is 72.0 Å². The first kappa shape index (κ1) is 17.6. The normalized spacial score (nSPS) is 18.6. The van der Waals surface area contributed by atoms with Gasteiger partial charge in [-0.15, -0.1) is 0 Å². The van der Waals surface area contributed by atoms with Crippen LogP contribution in [-0.4, -0.2) is 35.5 Å². The van der Waals surface area contributed by atoms with E-state index in [1.165, 1.54) is 6.42 Å². The minimum atomic E-state index is 0.116. The number of carbonyl (C=O) groups excluding carboxylic acids is 1. The van der Waals surface area contributed by atoms with Gasteiger partial charge in [-0.3, -0.25) is 4.79 Å². The third kappa shape index (κ3) is 3.80. The van der Waals surface area contributed by atoms with Gasteiger partial charge in [-0.25, -0.2) is 0 Å². The highest BCUT2D eigenvalue weighted by Gasteiger charge is 2.28. The molecule has 4 heteroatoms. The van der Waals surface area contributed by atoms with Crippen LogP contribution in [-0.2, 0) is 0 Å². The van der Waals surface area contributed by atoms with Crippen molar-refractivity contribution in [3.8, 4) is 0 Å². The fraction of sp³-hybridized carbons (Fsp3) is 0.632. The van der Waals surface area contributed by atoms with Crippen molar-refractivity contribution < 1.29 is 4.79 Å². The van der Waals surface area contributed by atoms with Crippen LogP contribution in [0, 0.1) is 0 Å². The molecule has 1 aliphatic heterocycles. The van der Waals surface area contributed by atoms with Crippen molar-refractivity contribution >= 4 is 17.3 Å². The first-order chi connectivity index (χ1) is 10.8. The van der Waals surface area contributed by atoms with Gasteiger partial charge in [0.2, 0.25) is 0 Å². The summed E-state index contributed by atoms with van der Waals surface area (Å²) < 4.78 is 0. The lowest BCUT2D eigenvalue weighted by atomic mass is 10.0. The average molecular weight is 317 g/mol. The van der Waals surface area contributed by atoms with Gasteiger partial charge in [0, 0.05) is 30.4 Å². The molecular weight excluding hydrogens is 286 g/mol. The van der Waals surface area contributed by atoms with Crippen LogP contribution in [0.1, 0.15) is 64.2 Å². The van der Waals surface area contributed by atoms with Crippen LogP contribution in [0.4, 0.5) is 11.4 Å². The quantitative estimate of drug-likeness (QED) is 0.857. The lowest BCUT2D eigenvalue weighted by Crippen LogP contribution is -2.44. The minimum Gasteiger partial charge on any atom is -0.399 e. The van der Waals surface area contributed by atoms with E-state index in [1.54, 1.807) is 0 Å². The van der Waals surface area contributed by atoms with Gasteiger partial charge in [0.05, 0.1) is 11.3 Å². The maximum Gasteiger partial charge on any atom is 0.256 e. The highest BCUT2D eigenvalue weighted by Crippen LogP contribution is 2.30. The summed E-state index contributed by atoms with van der Waals surface area (Å²) in [5.41, 5.74) is 8.37. The minimum absolute atomic E-state index is 0.116. The zero-order valence-electron chi connectivity index (χ0n) is 15.2. The van der Waals surface area contributed by atoms with E-state index in [0.717, 1.165) is 30.6 Å². The van der Waals surface area contributed by atoms with Gasteiger partial charge in [-0.05, 0) is 72.1 Å². The van der Waals surface area contributed by atoms with E-state index < -0.39 is 0 Å². The number of nitrogens with two attached hydrogens (primary N) is 1. The molecule has 1 atom stereocenters. The van der Waals surface area contributed by atoms with Crippen molar-refractivity contribution in [2.75, 3.05) is 17.2 Å². The summed E-state index contributed by atoms with van der Waals surface area (Å²) in [5, 5.41) is 0. The van der Waals surface area contributed by atoms with Crippen molar-refractivity contribution in [2.24, 2.45) is 0 Å². The molecule has 0 saturated carbocycles. The van der Waals surface area contributed by atoms with Crippen LogP contribution in [0.15, 0.2) is 18.2 Å². The Balaban J connectivity index is 2.44. The molecule has 23 heavy (non-hydrogen) atoms. The Labute approximate surface area is 140 Å². The number of hydrogen-bond donors (Lipinski definition) is 1. The maximum atomic E-state index is 13.2. The second-order valence-corrected chi connectivity index (χ2v) is 7.21. The molecule has 1 fully saturated rings. The highest BCUT2D eigenvalue weighted by atomic mass is 16.2. The molecule has 0 unspecified atom stereocenters. The predicted octanol–water partition coefficient (Wildman–Crippen LogP) is 3.91. The van der Waals surface area contributed by atoms with E-state index in [1.807, 2.05) is 23.1 Å². The maximum absolute atomic E-state index is 13.2. The fourth-order valence-electron chi connectivity index (χ4n) is 3.66. The van der Waals surface area contributed by atoms with E-state index in [9.17, 15) is 4.79 Å². The van der Waals surface area contributed by atoms with Crippen LogP contribution in [0.2, 0.25) is 0 Å². The number of anilines is 2. The summed E-state index contributed by atoms with van der Waals surface area (Å²) in [6.45, 7) is 11.6. The molecule has 1 aromatic carbocycles. The summed E-state index contributed by atoms with van der Waals surface area (Å²) in [6.07, 6.45) is 3.38. The Morgan fingerprint density at radius 1 is 1.22 bits per heavy atom. The molecule has 0 aromatic heterocycles. The molecule has 0 spiro atoms. The van der Waals surface area contributed by atoms with Crippen molar-refractivity contribution in [3.05, 3.63) is 23.8 Å². The van der Waals surface area contributed by atoms with Gasteiger partial charge < -0.3 is 15.5 Å². The summed E-state index contributed by atoms with van der Waals surface area (Å²) in [6, 6.07) is 6.68. The molecule has 2 rings (SSSR count). The number of hydrogen-bond acceptors (Lipinski definition) is 3. The van der Waals surface area contributed by atoms with Crippen molar-refractivity contribution in [3.63, 3.8) is 0 Å². The van der Waals surface area contributed by atoms with Crippen molar-refractivity contribution in [1.29, 1.82) is 0 Å². The molecule has 1 heterocycles. The zero-order valence-corrected chi connectivity index (χ0v) is 15.2. The molecule has 0 aliphatic carbocycles. The zero-order chi connectivity index (χ0) is 17.1. The van der Waals surface area contributed by atoms with Crippen LogP contribution in [0.5, 0.6) is 0 Å². The van der Waals surface area contributed by atoms with Gasteiger partial charge in [-0.1, -0.05) is 0 Å². The number of benzene rings is 1. The Kier molecular flexibility index (Phi) is 5.55. The first-order valence-electron chi connectivity index (χ1n) is 8.81. The van der Waals surface area contributed by atoms with Crippen LogP contribution in [0.25, 0.3) is 0 Å². The van der Waals surface area contributed by atoms with Crippen LogP contribution >= 0.6 is 0 Å². The molecule has 128 valence electrons. The molecule has 1 aliphatic rings. The highest BCUT2D eigenvalue weighted by molar-refractivity contribution is 6.01. The first-order valence-corrected chi connectivity index (χ1v) is 8.81. The Hall–Kier alpha value is -1.71. The lowest BCUT2D eigenvalue weighted by Gasteiger charge is -2.37. The average Bonchev–Trinajstić information content (AvgIpc) is 2.48.